The first-order valence-corrected chi connectivity index (χ1v) is 7.76. The van der Waals surface area contributed by atoms with E-state index in [1.165, 1.54) is 0 Å². The van der Waals surface area contributed by atoms with Gasteiger partial charge >= 0.3 is 0 Å². The second kappa shape index (κ2) is 6.56. The van der Waals surface area contributed by atoms with Gasteiger partial charge in [-0.15, -0.1) is 10.2 Å². The first-order valence-electron chi connectivity index (χ1n) is 7.76. The molecule has 1 aromatic carbocycles. The summed E-state index contributed by atoms with van der Waals surface area (Å²) in [6, 6.07) is 11.5. The van der Waals surface area contributed by atoms with Crippen molar-refractivity contribution >= 4 is 17.2 Å². The zero-order chi connectivity index (χ0) is 16.2. The average Bonchev–Trinajstić information content (AvgIpc) is 2.94. The Bertz CT molecular complexity index is 823. The molecule has 0 aliphatic heterocycles. The van der Waals surface area contributed by atoms with Crippen molar-refractivity contribution in [1.82, 2.24) is 19.8 Å². The van der Waals surface area contributed by atoms with Gasteiger partial charge < -0.3 is 5.32 Å². The molecule has 0 aliphatic rings. The van der Waals surface area contributed by atoms with E-state index < -0.39 is 0 Å². The Morgan fingerprint density at radius 2 is 1.91 bits per heavy atom. The number of fused-ring (bicyclic) bond motifs is 1. The van der Waals surface area contributed by atoms with Gasteiger partial charge in [0.1, 0.15) is 0 Å². The molecule has 23 heavy (non-hydrogen) atoms. The summed E-state index contributed by atoms with van der Waals surface area (Å²) in [5.74, 6) is 0.806. The fourth-order valence-corrected chi connectivity index (χ4v) is 2.34. The summed E-state index contributed by atoms with van der Waals surface area (Å²) in [6.45, 7) is 3.94. The standard InChI is InChI=1S/C17H19N5O/c1-3-4-5-17(23)18-14-8-6-13(7-9-14)15-10-11-16-20-19-12(2)22(16)21-15/h6-11H,3-5H2,1-2H3,(H,18,23). The quantitative estimate of drug-likeness (QED) is 0.785. The fourth-order valence-electron chi connectivity index (χ4n) is 2.34. The van der Waals surface area contributed by atoms with Crippen molar-refractivity contribution in [2.24, 2.45) is 0 Å². The molecule has 118 valence electrons. The number of unbranched alkanes of at least 4 members (excludes halogenated alkanes) is 1. The molecule has 0 aliphatic carbocycles. The molecule has 0 atom stereocenters. The molecule has 0 fully saturated rings. The first-order chi connectivity index (χ1) is 11.2. The maximum absolute atomic E-state index is 11.7. The minimum Gasteiger partial charge on any atom is -0.326 e. The number of nitrogens with zero attached hydrogens (tertiary/aromatic N) is 4. The van der Waals surface area contributed by atoms with Crippen LogP contribution in [-0.2, 0) is 4.79 Å². The van der Waals surface area contributed by atoms with Gasteiger partial charge in [-0.25, -0.2) is 0 Å². The van der Waals surface area contributed by atoms with Gasteiger partial charge in [-0.05, 0) is 37.6 Å². The molecule has 1 N–H and O–H groups in total. The van der Waals surface area contributed by atoms with Crippen molar-refractivity contribution in [1.29, 1.82) is 0 Å². The van der Waals surface area contributed by atoms with Crippen molar-refractivity contribution in [2.45, 2.75) is 33.1 Å². The normalized spacial score (nSPS) is 10.9. The summed E-state index contributed by atoms with van der Waals surface area (Å²) < 4.78 is 1.72. The highest BCUT2D eigenvalue weighted by Crippen LogP contribution is 2.20. The van der Waals surface area contributed by atoms with Gasteiger partial charge in [0, 0.05) is 17.7 Å². The first kappa shape index (κ1) is 15.1. The van der Waals surface area contributed by atoms with E-state index >= 15 is 0 Å². The number of carbonyl (C=O) groups is 1. The van der Waals surface area contributed by atoms with Crippen LogP contribution in [0.15, 0.2) is 36.4 Å². The SMILES string of the molecule is CCCCC(=O)Nc1ccc(-c2ccc3nnc(C)n3n2)cc1. The summed E-state index contributed by atoms with van der Waals surface area (Å²) in [6.07, 6.45) is 2.48. The highest BCUT2D eigenvalue weighted by molar-refractivity contribution is 5.90. The lowest BCUT2D eigenvalue weighted by Gasteiger charge is -2.06. The van der Waals surface area contributed by atoms with Gasteiger partial charge in [-0.2, -0.15) is 9.61 Å². The van der Waals surface area contributed by atoms with Crippen molar-refractivity contribution in [2.75, 3.05) is 5.32 Å². The Hall–Kier alpha value is -2.76. The van der Waals surface area contributed by atoms with E-state index in [1.54, 1.807) is 4.52 Å². The molecule has 0 radical (unpaired) electrons. The smallest absolute Gasteiger partial charge is 0.224 e. The lowest BCUT2D eigenvalue weighted by atomic mass is 10.1. The molecule has 3 aromatic rings. The number of carbonyl (C=O) groups excluding carboxylic acids is 1. The Morgan fingerprint density at radius 1 is 1.13 bits per heavy atom. The molecule has 0 bridgehead atoms. The monoisotopic (exact) mass is 309 g/mol. The Labute approximate surface area is 134 Å². The molecule has 0 spiro atoms. The number of aryl methyl sites for hydroxylation is 1. The van der Waals surface area contributed by atoms with E-state index in [0.29, 0.717) is 6.42 Å². The van der Waals surface area contributed by atoms with Crippen LogP contribution in [0, 0.1) is 6.92 Å². The predicted octanol–water partition coefficient (Wildman–Crippen LogP) is 3.23. The van der Waals surface area contributed by atoms with Gasteiger partial charge in [0.15, 0.2) is 11.5 Å². The fraction of sp³-hybridized carbons (Fsp3) is 0.294. The number of hydrogen-bond donors (Lipinski definition) is 1. The third-order valence-electron chi connectivity index (χ3n) is 3.64. The van der Waals surface area contributed by atoms with Crippen LogP contribution in [0.4, 0.5) is 5.69 Å². The van der Waals surface area contributed by atoms with Crippen LogP contribution in [0.25, 0.3) is 16.9 Å². The number of aromatic nitrogens is 4. The number of amides is 1. The third kappa shape index (κ3) is 3.36. The summed E-state index contributed by atoms with van der Waals surface area (Å²) >= 11 is 0. The summed E-state index contributed by atoms with van der Waals surface area (Å²) in [5, 5.41) is 15.5. The highest BCUT2D eigenvalue weighted by atomic mass is 16.1. The van der Waals surface area contributed by atoms with Crippen LogP contribution in [0.2, 0.25) is 0 Å². The molecule has 6 heteroatoms. The summed E-state index contributed by atoms with van der Waals surface area (Å²) in [4.78, 5) is 11.7. The van der Waals surface area contributed by atoms with Crippen LogP contribution < -0.4 is 5.32 Å². The minimum absolute atomic E-state index is 0.0549. The van der Waals surface area contributed by atoms with E-state index in [9.17, 15) is 4.79 Å². The van der Waals surface area contributed by atoms with Crippen LogP contribution in [-0.4, -0.2) is 25.7 Å². The maximum atomic E-state index is 11.7. The van der Waals surface area contributed by atoms with Gasteiger partial charge in [-0.3, -0.25) is 4.79 Å². The molecule has 1 amide bonds. The topological polar surface area (TPSA) is 72.2 Å². The van der Waals surface area contributed by atoms with Crippen LogP contribution in [0.3, 0.4) is 0 Å². The number of nitrogens with one attached hydrogen (secondary N) is 1. The predicted molar refractivity (Wildman–Crippen MR) is 89.1 cm³/mol. The molecule has 0 unspecified atom stereocenters. The zero-order valence-corrected chi connectivity index (χ0v) is 13.3. The average molecular weight is 309 g/mol. The maximum Gasteiger partial charge on any atom is 0.224 e. The molecule has 2 heterocycles. The largest absolute Gasteiger partial charge is 0.326 e. The van der Waals surface area contributed by atoms with E-state index in [-0.39, 0.29) is 5.91 Å². The summed E-state index contributed by atoms with van der Waals surface area (Å²) in [7, 11) is 0. The number of benzene rings is 1. The van der Waals surface area contributed by atoms with Crippen molar-refractivity contribution < 1.29 is 4.79 Å². The Balaban J connectivity index is 1.77. The number of rotatable bonds is 5. The minimum atomic E-state index is 0.0549. The van der Waals surface area contributed by atoms with E-state index in [4.69, 9.17) is 0 Å². The molecule has 6 nitrogen and oxygen atoms in total. The van der Waals surface area contributed by atoms with Crippen molar-refractivity contribution in [3.05, 3.63) is 42.2 Å². The molecular weight excluding hydrogens is 290 g/mol. The zero-order valence-electron chi connectivity index (χ0n) is 13.3. The molecule has 2 aromatic heterocycles. The van der Waals surface area contributed by atoms with E-state index in [1.807, 2.05) is 43.3 Å². The van der Waals surface area contributed by atoms with Gasteiger partial charge in [0.2, 0.25) is 5.91 Å². The molecular formula is C17H19N5O. The van der Waals surface area contributed by atoms with E-state index in [0.717, 1.165) is 41.3 Å². The van der Waals surface area contributed by atoms with Crippen molar-refractivity contribution in [3.63, 3.8) is 0 Å². The van der Waals surface area contributed by atoms with Gasteiger partial charge in [0.05, 0.1) is 5.69 Å². The number of anilines is 1. The summed E-state index contributed by atoms with van der Waals surface area (Å²) in [5.41, 5.74) is 3.35. The van der Waals surface area contributed by atoms with Crippen molar-refractivity contribution in [3.8, 4) is 11.3 Å². The molecule has 0 saturated heterocycles. The lowest BCUT2D eigenvalue weighted by molar-refractivity contribution is -0.116. The van der Waals surface area contributed by atoms with Gasteiger partial charge in [0.25, 0.3) is 0 Å². The Kier molecular flexibility index (Phi) is 4.32. The third-order valence-corrected chi connectivity index (χ3v) is 3.64. The Morgan fingerprint density at radius 3 is 2.65 bits per heavy atom. The van der Waals surface area contributed by atoms with E-state index in [2.05, 4.69) is 27.5 Å². The molecule has 3 rings (SSSR count). The highest BCUT2D eigenvalue weighted by Gasteiger charge is 2.06. The van der Waals surface area contributed by atoms with Crippen LogP contribution in [0.5, 0.6) is 0 Å². The van der Waals surface area contributed by atoms with Crippen LogP contribution >= 0.6 is 0 Å². The second-order valence-corrected chi connectivity index (χ2v) is 5.46. The number of hydrogen-bond acceptors (Lipinski definition) is 4. The second-order valence-electron chi connectivity index (χ2n) is 5.46. The van der Waals surface area contributed by atoms with Gasteiger partial charge in [-0.1, -0.05) is 25.5 Å². The molecule has 0 saturated carbocycles. The lowest BCUT2D eigenvalue weighted by Crippen LogP contribution is -2.10. The van der Waals surface area contributed by atoms with Crippen LogP contribution in [0.1, 0.15) is 32.0 Å².